The zero-order valence-corrected chi connectivity index (χ0v) is 13.4. The number of aliphatic carboxylic acids is 1. The van der Waals surface area contributed by atoms with E-state index in [-0.39, 0.29) is 6.04 Å². The number of aryl methyl sites for hydroxylation is 1. The number of rotatable bonds is 4. The Kier molecular flexibility index (Phi) is 4.72. The van der Waals surface area contributed by atoms with Crippen molar-refractivity contribution in [3.63, 3.8) is 0 Å². The Labute approximate surface area is 136 Å². The van der Waals surface area contributed by atoms with Crippen LogP contribution in [0.4, 0.5) is 0 Å². The number of hydrogen-bond acceptors (Lipinski definition) is 3. The van der Waals surface area contributed by atoms with Crippen molar-refractivity contribution in [3.05, 3.63) is 65.5 Å². The highest BCUT2D eigenvalue weighted by atomic mass is 16.4. The Morgan fingerprint density at radius 2 is 2.00 bits per heavy atom. The maximum absolute atomic E-state index is 11.8. The van der Waals surface area contributed by atoms with E-state index in [9.17, 15) is 9.90 Å². The zero-order chi connectivity index (χ0) is 16.2. The summed E-state index contributed by atoms with van der Waals surface area (Å²) >= 11 is 0. The lowest BCUT2D eigenvalue weighted by molar-refractivity contribution is -0.145. The highest BCUT2D eigenvalue weighted by Crippen LogP contribution is 2.34. The van der Waals surface area contributed by atoms with Gasteiger partial charge in [0, 0.05) is 6.20 Å². The molecule has 4 heteroatoms. The summed E-state index contributed by atoms with van der Waals surface area (Å²) in [5.74, 6) is -0.737. The molecule has 1 aromatic heterocycles. The van der Waals surface area contributed by atoms with Gasteiger partial charge in [-0.1, -0.05) is 42.8 Å². The van der Waals surface area contributed by atoms with E-state index in [2.05, 4.69) is 22.0 Å². The predicted octanol–water partition coefficient (Wildman–Crippen LogP) is 3.42. The molecule has 2 atom stereocenters. The van der Waals surface area contributed by atoms with Crippen LogP contribution in [0.1, 0.15) is 42.1 Å². The van der Waals surface area contributed by atoms with Crippen LogP contribution in [0.25, 0.3) is 0 Å². The number of hydrogen-bond donors (Lipinski definition) is 1. The molecule has 120 valence electrons. The Morgan fingerprint density at radius 1 is 1.22 bits per heavy atom. The number of aromatic nitrogens is 1. The van der Waals surface area contributed by atoms with E-state index in [1.54, 1.807) is 6.20 Å². The van der Waals surface area contributed by atoms with E-state index < -0.39 is 12.0 Å². The molecule has 0 radical (unpaired) electrons. The van der Waals surface area contributed by atoms with Crippen molar-refractivity contribution in [2.45, 2.75) is 38.3 Å². The molecule has 3 rings (SSSR count). The molecule has 23 heavy (non-hydrogen) atoms. The number of piperidine rings is 1. The van der Waals surface area contributed by atoms with Gasteiger partial charge in [0.25, 0.3) is 0 Å². The fourth-order valence-electron chi connectivity index (χ4n) is 3.45. The molecule has 0 aliphatic carbocycles. The molecule has 0 bridgehead atoms. The maximum Gasteiger partial charge on any atom is 0.320 e. The van der Waals surface area contributed by atoms with Crippen LogP contribution in [0.5, 0.6) is 0 Å². The van der Waals surface area contributed by atoms with Crippen molar-refractivity contribution in [1.29, 1.82) is 0 Å². The van der Waals surface area contributed by atoms with Crippen molar-refractivity contribution in [2.75, 3.05) is 6.54 Å². The van der Waals surface area contributed by atoms with Gasteiger partial charge in [0.1, 0.15) is 6.04 Å². The second kappa shape index (κ2) is 6.92. The number of likely N-dealkylation sites (tertiary alicyclic amines) is 1. The number of carbonyl (C=O) groups is 1. The molecule has 1 aliphatic heterocycles. The molecule has 0 spiro atoms. The number of nitrogens with zero attached hydrogens (tertiary/aromatic N) is 2. The first-order valence-electron chi connectivity index (χ1n) is 8.13. The quantitative estimate of drug-likeness (QED) is 0.940. The number of pyridine rings is 1. The van der Waals surface area contributed by atoms with E-state index in [1.165, 1.54) is 0 Å². The van der Waals surface area contributed by atoms with Crippen LogP contribution in [-0.2, 0) is 4.79 Å². The van der Waals surface area contributed by atoms with Crippen LogP contribution in [0.15, 0.2) is 48.7 Å². The number of carboxylic acid groups (broad SMARTS) is 1. The summed E-state index contributed by atoms with van der Waals surface area (Å²) in [5.41, 5.74) is 3.14. The third kappa shape index (κ3) is 3.27. The van der Waals surface area contributed by atoms with Crippen molar-refractivity contribution < 1.29 is 9.90 Å². The van der Waals surface area contributed by atoms with E-state index in [0.29, 0.717) is 6.42 Å². The molecule has 1 saturated heterocycles. The Bertz CT molecular complexity index is 672. The summed E-state index contributed by atoms with van der Waals surface area (Å²) in [6.07, 6.45) is 4.48. The predicted molar refractivity (Wildman–Crippen MR) is 89.2 cm³/mol. The average molecular weight is 310 g/mol. The SMILES string of the molecule is Cc1cccnc1C(c1ccccc1)N1CCCCC1C(=O)O. The van der Waals surface area contributed by atoms with Crippen molar-refractivity contribution >= 4 is 5.97 Å². The molecule has 2 heterocycles. The largest absolute Gasteiger partial charge is 0.480 e. The van der Waals surface area contributed by atoms with Gasteiger partial charge in [0.2, 0.25) is 0 Å². The fourth-order valence-corrected chi connectivity index (χ4v) is 3.45. The topological polar surface area (TPSA) is 53.4 Å². The lowest BCUT2D eigenvalue weighted by Crippen LogP contribution is -2.47. The second-order valence-corrected chi connectivity index (χ2v) is 6.11. The lowest BCUT2D eigenvalue weighted by Gasteiger charge is -2.39. The molecule has 0 amide bonds. The highest BCUT2D eigenvalue weighted by Gasteiger charge is 2.36. The molecule has 1 aliphatic rings. The lowest BCUT2D eigenvalue weighted by atomic mass is 9.92. The Balaban J connectivity index is 2.08. The van der Waals surface area contributed by atoms with Crippen LogP contribution < -0.4 is 0 Å². The van der Waals surface area contributed by atoms with Crippen molar-refractivity contribution in [1.82, 2.24) is 9.88 Å². The highest BCUT2D eigenvalue weighted by molar-refractivity contribution is 5.73. The van der Waals surface area contributed by atoms with Crippen LogP contribution in [-0.4, -0.2) is 33.5 Å². The molecular weight excluding hydrogens is 288 g/mol. The molecule has 1 N–H and O–H groups in total. The van der Waals surface area contributed by atoms with Gasteiger partial charge in [0.05, 0.1) is 11.7 Å². The van der Waals surface area contributed by atoms with E-state index >= 15 is 0 Å². The Morgan fingerprint density at radius 3 is 2.70 bits per heavy atom. The summed E-state index contributed by atoms with van der Waals surface area (Å²) in [4.78, 5) is 18.5. The minimum atomic E-state index is -0.737. The number of benzene rings is 1. The minimum absolute atomic E-state index is 0.112. The van der Waals surface area contributed by atoms with E-state index in [1.807, 2.05) is 37.3 Å². The first-order chi connectivity index (χ1) is 11.2. The number of carboxylic acids is 1. The molecule has 2 unspecified atom stereocenters. The van der Waals surface area contributed by atoms with Gasteiger partial charge in [-0.15, -0.1) is 0 Å². The Hall–Kier alpha value is -2.20. The maximum atomic E-state index is 11.8. The normalized spacial score (nSPS) is 20.1. The summed E-state index contributed by atoms with van der Waals surface area (Å²) in [6, 6.07) is 13.5. The van der Waals surface area contributed by atoms with Gasteiger partial charge in [-0.25, -0.2) is 0 Å². The summed E-state index contributed by atoms with van der Waals surface area (Å²) in [7, 11) is 0. The molecule has 2 aromatic rings. The summed E-state index contributed by atoms with van der Waals surface area (Å²) in [6.45, 7) is 2.82. The van der Waals surface area contributed by atoms with Crippen LogP contribution in [0.2, 0.25) is 0 Å². The molecule has 1 aromatic carbocycles. The standard InChI is InChI=1S/C19H22N2O2/c1-14-8-7-12-20-17(14)18(15-9-3-2-4-10-15)21-13-6-5-11-16(21)19(22)23/h2-4,7-10,12,16,18H,5-6,11,13H2,1H3,(H,22,23). The summed E-state index contributed by atoms with van der Waals surface area (Å²) in [5, 5.41) is 9.66. The van der Waals surface area contributed by atoms with Gasteiger partial charge in [-0.3, -0.25) is 14.7 Å². The first-order valence-corrected chi connectivity index (χ1v) is 8.13. The van der Waals surface area contributed by atoms with E-state index in [0.717, 1.165) is 36.2 Å². The molecular formula is C19H22N2O2. The van der Waals surface area contributed by atoms with Gasteiger partial charge in [-0.05, 0) is 43.5 Å². The van der Waals surface area contributed by atoms with Gasteiger partial charge in [0.15, 0.2) is 0 Å². The van der Waals surface area contributed by atoms with Crippen molar-refractivity contribution in [3.8, 4) is 0 Å². The minimum Gasteiger partial charge on any atom is -0.480 e. The second-order valence-electron chi connectivity index (χ2n) is 6.11. The van der Waals surface area contributed by atoms with Gasteiger partial charge >= 0.3 is 5.97 Å². The third-order valence-corrected chi connectivity index (χ3v) is 4.59. The zero-order valence-electron chi connectivity index (χ0n) is 13.4. The van der Waals surface area contributed by atoms with Crippen LogP contribution in [0.3, 0.4) is 0 Å². The molecule has 4 nitrogen and oxygen atoms in total. The van der Waals surface area contributed by atoms with Gasteiger partial charge < -0.3 is 5.11 Å². The van der Waals surface area contributed by atoms with Crippen molar-refractivity contribution in [2.24, 2.45) is 0 Å². The first kappa shape index (κ1) is 15.7. The third-order valence-electron chi connectivity index (χ3n) is 4.59. The van der Waals surface area contributed by atoms with Gasteiger partial charge in [-0.2, -0.15) is 0 Å². The van der Waals surface area contributed by atoms with Crippen LogP contribution in [0, 0.1) is 6.92 Å². The summed E-state index contributed by atoms with van der Waals surface area (Å²) < 4.78 is 0. The smallest absolute Gasteiger partial charge is 0.320 e. The average Bonchev–Trinajstić information content (AvgIpc) is 2.58. The fraction of sp³-hybridized carbons (Fsp3) is 0.368. The van der Waals surface area contributed by atoms with E-state index in [4.69, 9.17) is 0 Å². The van der Waals surface area contributed by atoms with Crippen LogP contribution >= 0.6 is 0 Å². The monoisotopic (exact) mass is 310 g/mol. The molecule has 1 fully saturated rings. The molecule has 0 saturated carbocycles.